The molecule has 2 unspecified atom stereocenters. The average molecular weight is 360 g/mol. The maximum atomic E-state index is 12.9. The molecule has 1 aromatic carbocycles. The Morgan fingerprint density at radius 3 is 2.85 bits per heavy atom. The first-order valence-corrected chi connectivity index (χ1v) is 8.68. The summed E-state index contributed by atoms with van der Waals surface area (Å²) in [6.45, 7) is 2.79. The lowest BCUT2D eigenvalue weighted by atomic mass is 10.0. The second-order valence-corrected chi connectivity index (χ2v) is 7.27. The van der Waals surface area contributed by atoms with Gasteiger partial charge in [-0.15, -0.1) is 0 Å². The van der Waals surface area contributed by atoms with Gasteiger partial charge < -0.3 is 21.1 Å². The maximum absolute atomic E-state index is 12.9. The molecular weight excluding hydrogens is 336 g/mol. The molecule has 2 aliphatic rings. The summed E-state index contributed by atoms with van der Waals surface area (Å²) in [7, 11) is 0. The summed E-state index contributed by atoms with van der Waals surface area (Å²) >= 11 is 0. The normalized spacial score (nSPS) is 22.2. The number of amides is 3. The van der Waals surface area contributed by atoms with Crippen LogP contribution in [0.2, 0.25) is 0 Å². The molecule has 1 aromatic rings. The molecule has 3 amide bonds. The third kappa shape index (κ3) is 3.62. The van der Waals surface area contributed by atoms with Crippen LogP contribution in [0.25, 0.3) is 0 Å². The molecule has 140 valence electrons. The summed E-state index contributed by atoms with van der Waals surface area (Å²) < 4.78 is 0. The van der Waals surface area contributed by atoms with E-state index in [1.807, 2.05) is 18.2 Å². The molecule has 0 spiro atoms. The van der Waals surface area contributed by atoms with Gasteiger partial charge in [0.25, 0.3) is 5.91 Å². The fourth-order valence-electron chi connectivity index (χ4n) is 3.38. The van der Waals surface area contributed by atoms with Crippen molar-refractivity contribution in [2.45, 2.75) is 44.4 Å². The van der Waals surface area contributed by atoms with Crippen LogP contribution in [-0.2, 0) is 22.7 Å². The van der Waals surface area contributed by atoms with Gasteiger partial charge in [-0.3, -0.25) is 19.7 Å². The number of imide groups is 1. The summed E-state index contributed by atoms with van der Waals surface area (Å²) in [6.07, 6.45) is 0.585. The van der Waals surface area contributed by atoms with Crippen molar-refractivity contribution in [3.8, 4) is 0 Å². The van der Waals surface area contributed by atoms with E-state index in [0.717, 1.165) is 11.1 Å². The highest BCUT2D eigenvalue weighted by molar-refractivity contribution is 6.05. The second kappa shape index (κ2) is 7.14. The molecule has 1 saturated heterocycles. The number of aliphatic hydroxyl groups excluding tert-OH is 1. The Bertz CT molecular complexity index is 747. The highest BCUT2D eigenvalue weighted by atomic mass is 16.3. The van der Waals surface area contributed by atoms with Crippen LogP contribution in [-0.4, -0.2) is 52.5 Å². The zero-order valence-corrected chi connectivity index (χ0v) is 14.7. The van der Waals surface area contributed by atoms with E-state index in [9.17, 15) is 19.5 Å². The monoisotopic (exact) mass is 360 g/mol. The van der Waals surface area contributed by atoms with Gasteiger partial charge in [-0.25, -0.2) is 0 Å². The molecule has 0 aromatic heterocycles. The van der Waals surface area contributed by atoms with E-state index in [2.05, 4.69) is 10.6 Å². The summed E-state index contributed by atoms with van der Waals surface area (Å²) in [4.78, 5) is 37.9. The summed E-state index contributed by atoms with van der Waals surface area (Å²) in [5.74, 6) is -0.900. The first-order valence-electron chi connectivity index (χ1n) is 8.68. The first-order chi connectivity index (χ1) is 12.3. The number of rotatable bonds is 6. The number of piperidine rings is 1. The maximum Gasteiger partial charge on any atom is 0.255 e. The van der Waals surface area contributed by atoms with Gasteiger partial charge in [-0.05, 0) is 24.5 Å². The van der Waals surface area contributed by atoms with Crippen molar-refractivity contribution in [3.63, 3.8) is 0 Å². The summed E-state index contributed by atoms with van der Waals surface area (Å²) in [5.41, 5.74) is 7.48. The fourth-order valence-corrected chi connectivity index (χ4v) is 3.38. The largest absolute Gasteiger partial charge is 0.394 e. The number of nitrogens with two attached hydrogens (primary N) is 1. The van der Waals surface area contributed by atoms with Crippen molar-refractivity contribution in [1.82, 2.24) is 15.5 Å². The van der Waals surface area contributed by atoms with Gasteiger partial charge in [-0.1, -0.05) is 18.2 Å². The van der Waals surface area contributed by atoms with Gasteiger partial charge >= 0.3 is 0 Å². The third-order valence-corrected chi connectivity index (χ3v) is 4.84. The Labute approximate surface area is 151 Å². The van der Waals surface area contributed by atoms with E-state index < -0.39 is 17.5 Å². The smallest absolute Gasteiger partial charge is 0.255 e. The standard InChI is InChI=1S/C18H24N4O4/c1-18(19,10-23)9-20-7-11-3-2-4-12-8-22(17(26)15(11)12)13-5-6-14(24)21-16(13)25/h2-4,13,20,23H,5-10,19H2,1H3,(H,21,24,25). The van der Waals surface area contributed by atoms with E-state index >= 15 is 0 Å². The van der Waals surface area contributed by atoms with Crippen LogP contribution >= 0.6 is 0 Å². The predicted octanol–water partition coefficient (Wildman–Crippen LogP) is -0.753. The molecule has 2 heterocycles. The van der Waals surface area contributed by atoms with E-state index in [4.69, 9.17) is 5.73 Å². The predicted molar refractivity (Wildman–Crippen MR) is 93.9 cm³/mol. The lowest BCUT2D eigenvalue weighted by molar-refractivity contribution is -0.136. The quantitative estimate of drug-likeness (QED) is 0.495. The molecule has 26 heavy (non-hydrogen) atoms. The van der Waals surface area contributed by atoms with Crippen molar-refractivity contribution in [2.24, 2.45) is 5.73 Å². The van der Waals surface area contributed by atoms with Crippen LogP contribution in [0.1, 0.15) is 41.3 Å². The first kappa shape index (κ1) is 18.5. The SMILES string of the molecule is CC(N)(CO)CNCc1cccc2c1C(=O)N(C1CCC(=O)NC1=O)C2. The minimum atomic E-state index is -0.735. The van der Waals surface area contributed by atoms with E-state index in [1.54, 1.807) is 6.92 Å². The Balaban J connectivity index is 1.74. The number of benzene rings is 1. The number of nitrogens with one attached hydrogen (secondary N) is 2. The van der Waals surface area contributed by atoms with Crippen LogP contribution < -0.4 is 16.4 Å². The molecule has 0 radical (unpaired) electrons. The molecule has 2 aliphatic heterocycles. The number of nitrogens with zero attached hydrogens (tertiary/aromatic N) is 1. The average Bonchev–Trinajstić information content (AvgIpc) is 2.92. The second-order valence-electron chi connectivity index (χ2n) is 7.27. The number of carbonyl (C=O) groups is 3. The Morgan fingerprint density at radius 1 is 1.38 bits per heavy atom. The van der Waals surface area contributed by atoms with Crippen LogP contribution in [0.4, 0.5) is 0 Å². The molecule has 5 N–H and O–H groups in total. The van der Waals surface area contributed by atoms with Crippen LogP contribution in [0.3, 0.4) is 0 Å². The molecule has 0 bridgehead atoms. The highest BCUT2D eigenvalue weighted by Crippen LogP contribution is 2.29. The van der Waals surface area contributed by atoms with Gasteiger partial charge in [-0.2, -0.15) is 0 Å². The Kier molecular flexibility index (Phi) is 5.08. The minimum Gasteiger partial charge on any atom is -0.394 e. The molecule has 8 heteroatoms. The zero-order valence-electron chi connectivity index (χ0n) is 14.7. The van der Waals surface area contributed by atoms with Gasteiger partial charge in [0, 0.05) is 37.2 Å². The van der Waals surface area contributed by atoms with E-state index in [0.29, 0.717) is 31.6 Å². The number of carbonyl (C=O) groups excluding carboxylic acids is 3. The fraction of sp³-hybridized carbons (Fsp3) is 0.500. The van der Waals surface area contributed by atoms with Crippen molar-refractivity contribution in [3.05, 3.63) is 34.9 Å². The molecule has 8 nitrogen and oxygen atoms in total. The van der Waals surface area contributed by atoms with Gasteiger partial charge in [0.15, 0.2) is 0 Å². The summed E-state index contributed by atoms with van der Waals surface area (Å²) in [6, 6.07) is 5.01. The minimum absolute atomic E-state index is 0.144. The van der Waals surface area contributed by atoms with E-state index in [1.165, 1.54) is 4.90 Å². The summed E-state index contributed by atoms with van der Waals surface area (Å²) in [5, 5.41) is 14.7. The topological polar surface area (TPSA) is 125 Å². The van der Waals surface area contributed by atoms with Crippen molar-refractivity contribution in [1.29, 1.82) is 0 Å². The van der Waals surface area contributed by atoms with Crippen LogP contribution in [0.5, 0.6) is 0 Å². The lowest BCUT2D eigenvalue weighted by Crippen LogP contribution is -2.52. The molecule has 0 saturated carbocycles. The zero-order chi connectivity index (χ0) is 18.9. The number of fused-ring (bicyclic) bond motifs is 1. The molecule has 0 aliphatic carbocycles. The van der Waals surface area contributed by atoms with Crippen LogP contribution in [0.15, 0.2) is 18.2 Å². The molecule has 3 rings (SSSR count). The third-order valence-electron chi connectivity index (χ3n) is 4.84. The Hall–Kier alpha value is -2.29. The lowest BCUT2D eigenvalue weighted by Gasteiger charge is -2.29. The van der Waals surface area contributed by atoms with Crippen molar-refractivity contribution < 1.29 is 19.5 Å². The van der Waals surface area contributed by atoms with E-state index in [-0.39, 0.29) is 24.8 Å². The molecule has 2 atom stereocenters. The number of aliphatic hydroxyl groups is 1. The molecule has 1 fully saturated rings. The van der Waals surface area contributed by atoms with Crippen molar-refractivity contribution >= 4 is 17.7 Å². The molecular formula is C18H24N4O4. The van der Waals surface area contributed by atoms with Gasteiger partial charge in [0.2, 0.25) is 11.8 Å². The number of hydrogen-bond donors (Lipinski definition) is 4. The van der Waals surface area contributed by atoms with Crippen LogP contribution in [0, 0.1) is 0 Å². The van der Waals surface area contributed by atoms with Gasteiger partial charge in [0.05, 0.1) is 6.61 Å². The van der Waals surface area contributed by atoms with Crippen molar-refractivity contribution in [2.75, 3.05) is 13.2 Å². The number of hydrogen-bond acceptors (Lipinski definition) is 6. The highest BCUT2D eigenvalue weighted by Gasteiger charge is 2.39. The van der Waals surface area contributed by atoms with Gasteiger partial charge in [0.1, 0.15) is 6.04 Å². The Morgan fingerprint density at radius 2 is 2.15 bits per heavy atom.